The fourth-order valence-electron chi connectivity index (χ4n) is 3.75. The van der Waals surface area contributed by atoms with Gasteiger partial charge in [-0.3, -0.25) is 0 Å². The van der Waals surface area contributed by atoms with E-state index in [1.165, 1.54) is 6.42 Å². The summed E-state index contributed by atoms with van der Waals surface area (Å²) in [5.41, 5.74) is 2.06. The number of H-pyrrole nitrogens is 1. The second kappa shape index (κ2) is 8.70. The minimum atomic E-state index is -0.332. The van der Waals surface area contributed by atoms with Crippen molar-refractivity contribution in [1.82, 2.24) is 9.97 Å². The van der Waals surface area contributed by atoms with Crippen LogP contribution in [0.4, 0.5) is 5.69 Å². The van der Waals surface area contributed by atoms with E-state index in [9.17, 15) is 4.79 Å². The van der Waals surface area contributed by atoms with Gasteiger partial charge in [0.1, 0.15) is 11.2 Å². The fraction of sp³-hybridized carbons (Fsp3) is 0.550. The van der Waals surface area contributed by atoms with Crippen molar-refractivity contribution in [2.45, 2.75) is 57.9 Å². The van der Waals surface area contributed by atoms with Crippen LogP contribution in [0.2, 0.25) is 0 Å². The Kier molecular flexibility index (Phi) is 6.11. The van der Waals surface area contributed by atoms with Gasteiger partial charge in [-0.05, 0) is 37.7 Å². The lowest BCUT2D eigenvalue weighted by molar-refractivity contribution is 0.0506. The molecule has 1 saturated carbocycles. The zero-order valence-corrected chi connectivity index (χ0v) is 15.3. The van der Waals surface area contributed by atoms with Crippen molar-refractivity contribution < 1.29 is 9.53 Å². The number of carbonyl (C=O) groups is 1. The second-order valence-electron chi connectivity index (χ2n) is 6.99. The Balaban J connectivity index is 1.82. The molecule has 0 radical (unpaired) electrons. The van der Waals surface area contributed by atoms with Gasteiger partial charge in [-0.2, -0.15) is 5.26 Å². The maximum Gasteiger partial charge on any atom is 0.341 e. The molecule has 2 unspecified atom stereocenters. The van der Waals surface area contributed by atoms with E-state index < -0.39 is 0 Å². The first-order chi connectivity index (χ1) is 12.7. The predicted molar refractivity (Wildman–Crippen MR) is 101 cm³/mol. The lowest BCUT2D eigenvalue weighted by Crippen LogP contribution is -2.28. The molecule has 1 fully saturated rings. The molecule has 6 heteroatoms. The SMILES string of the molecule is CCCOC(=O)c1cnc2[nH]ccc2c1NC1CCCC(CCC#N)C1. The average Bonchev–Trinajstić information content (AvgIpc) is 3.14. The molecular weight excluding hydrogens is 328 g/mol. The maximum atomic E-state index is 12.5. The fourth-order valence-corrected chi connectivity index (χ4v) is 3.75. The van der Waals surface area contributed by atoms with Crippen molar-refractivity contribution in [3.05, 3.63) is 24.0 Å². The molecule has 2 aromatic rings. The smallest absolute Gasteiger partial charge is 0.341 e. The molecule has 1 aliphatic carbocycles. The summed E-state index contributed by atoms with van der Waals surface area (Å²) in [6.45, 7) is 2.38. The van der Waals surface area contributed by atoms with Gasteiger partial charge < -0.3 is 15.0 Å². The molecule has 3 rings (SSSR count). The number of esters is 1. The van der Waals surface area contributed by atoms with Crippen LogP contribution in [0.3, 0.4) is 0 Å². The Labute approximate surface area is 153 Å². The molecule has 0 aliphatic heterocycles. The molecule has 0 saturated heterocycles. The quantitative estimate of drug-likeness (QED) is 0.719. The minimum absolute atomic E-state index is 0.297. The van der Waals surface area contributed by atoms with Crippen LogP contribution in [-0.4, -0.2) is 28.6 Å². The zero-order chi connectivity index (χ0) is 18.4. The second-order valence-corrected chi connectivity index (χ2v) is 6.99. The summed E-state index contributed by atoms with van der Waals surface area (Å²) in [6.07, 6.45) is 10.2. The van der Waals surface area contributed by atoms with Crippen molar-refractivity contribution in [2.75, 3.05) is 11.9 Å². The van der Waals surface area contributed by atoms with Crippen LogP contribution in [0.1, 0.15) is 62.2 Å². The van der Waals surface area contributed by atoms with Gasteiger partial charge in [0, 0.05) is 30.2 Å². The van der Waals surface area contributed by atoms with Gasteiger partial charge in [0.2, 0.25) is 0 Å². The van der Waals surface area contributed by atoms with E-state index >= 15 is 0 Å². The molecule has 0 amide bonds. The van der Waals surface area contributed by atoms with Gasteiger partial charge in [0.15, 0.2) is 0 Å². The van der Waals surface area contributed by atoms with E-state index in [2.05, 4.69) is 21.4 Å². The van der Waals surface area contributed by atoms with E-state index in [-0.39, 0.29) is 5.97 Å². The van der Waals surface area contributed by atoms with Crippen LogP contribution >= 0.6 is 0 Å². The van der Waals surface area contributed by atoms with E-state index in [4.69, 9.17) is 10.00 Å². The van der Waals surface area contributed by atoms with Crippen LogP contribution in [-0.2, 0) is 4.74 Å². The summed E-state index contributed by atoms with van der Waals surface area (Å²) in [5.74, 6) is 0.238. The summed E-state index contributed by atoms with van der Waals surface area (Å²) in [4.78, 5) is 19.9. The number of aromatic nitrogens is 2. The van der Waals surface area contributed by atoms with Crippen molar-refractivity contribution in [1.29, 1.82) is 5.26 Å². The number of pyridine rings is 1. The summed E-state index contributed by atoms with van der Waals surface area (Å²) >= 11 is 0. The molecular formula is C20H26N4O2. The van der Waals surface area contributed by atoms with Crippen LogP contribution in [0.25, 0.3) is 11.0 Å². The van der Waals surface area contributed by atoms with Crippen molar-refractivity contribution in [3.63, 3.8) is 0 Å². The highest BCUT2D eigenvalue weighted by Crippen LogP contribution is 2.33. The first-order valence-corrected chi connectivity index (χ1v) is 9.49. The first kappa shape index (κ1) is 18.2. The predicted octanol–water partition coefficient (Wildman–Crippen LogP) is 4.40. The summed E-state index contributed by atoms with van der Waals surface area (Å²) < 4.78 is 5.34. The molecule has 6 nitrogen and oxygen atoms in total. The number of hydrogen-bond donors (Lipinski definition) is 2. The molecule has 26 heavy (non-hydrogen) atoms. The molecule has 1 aliphatic rings. The highest BCUT2D eigenvalue weighted by Gasteiger charge is 2.25. The number of nitriles is 1. The number of hydrogen-bond acceptors (Lipinski definition) is 5. The van der Waals surface area contributed by atoms with E-state index in [0.717, 1.165) is 48.8 Å². The van der Waals surface area contributed by atoms with Crippen LogP contribution in [0.15, 0.2) is 18.5 Å². The van der Waals surface area contributed by atoms with Gasteiger partial charge in [-0.1, -0.05) is 19.8 Å². The van der Waals surface area contributed by atoms with E-state index in [1.807, 2.05) is 19.2 Å². The number of carbonyl (C=O) groups excluding carboxylic acids is 1. The molecule has 0 aromatic carbocycles. The van der Waals surface area contributed by atoms with Gasteiger partial charge in [0.05, 0.1) is 18.4 Å². The molecule has 0 bridgehead atoms. The third kappa shape index (κ3) is 4.16. The third-order valence-corrected chi connectivity index (χ3v) is 5.04. The normalized spacial score (nSPS) is 19.8. The Hall–Kier alpha value is -2.55. The maximum absolute atomic E-state index is 12.5. The number of ether oxygens (including phenoxy) is 1. The Morgan fingerprint density at radius 1 is 1.50 bits per heavy atom. The number of aromatic amines is 1. The zero-order valence-electron chi connectivity index (χ0n) is 15.3. The molecule has 2 heterocycles. The highest BCUT2D eigenvalue weighted by atomic mass is 16.5. The Morgan fingerprint density at radius 3 is 3.19 bits per heavy atom. The monoisotopic (exact) mass is 354 g/mol. The van der Waals surface area contributed by atoms with Gasteiger partial charge in [-0.25, -0.2) is 9.78 Å². The van der Waals surface area contributed by atoms with E-state index in [0.29, 0.717) is 30.6 Å². The minimum Gasteiger partial charge on any atom is -0.462 e. The number of nitrogens with one attached hydrogen (secondary N) is 2. The molecule has 2 N–H and O–H groups in total. The molecule has 138 valence electrons. The lowest BCUT2D eigenvalue weighted by atomic mass is 9.83. The number of nitrogens with zero attached hydrogens (tertiary/aromatic N) is 2. The van der Waals surface area contributed by atoms with Crippen LogP contribution < -0.4 is 5.32 Å². The van der Waals surface area contributed by atoms with Crippen LogP contribution in [0.5, 0.6) is 0 Å². The number of fused-ring (bicyclic) bond motifs is 1. The summed E-state index contributed by atoms with van der Waals surface area (Å²) in [7, 11) is 0. The largest absolute Gasteiger partial charge is 0.462 e. The Bertz CT molecular complexity index is 793. The Morgan fingerprint density at radius 2 is 2.38 bits per heavy atom. The molecule has 2 aromatic heterocycles. The first-order valence-electron chi connectivity index (χ1n) is 9.49. The topological polar surface area (TPSA) is 90.8 Å². The number of anilines is 1. The third-order valence-electron chi connectivity index (χ3n) is 5.04. The van der Waals surface area contributed by atoms with Crippen molar-refractivity contribution in [2.24, 2.45) is 5.92 Å². The highest BCUT2D eigenvalue weighted by molar-refractivity contribution is 6.04. The van der Waals surface area contributed by atoms with Gasteiger partial charge in [-0.15, -0.1) is 0 Å². The van der Waals surface area contributed by atoms with Crippen LogP contribution in [0, 0.1) is 17.2 Å². The summed E-state index contributed by atoms with van der Waals surface area (Å²) in [5, 5.41) is 13.3. The standard InChI is InChI=1S/C20H26N4O2/c1-2-11-26-20(25)17-13-23-19-16(8-10-22-19)18(17)24-15-7-3-5-14(12-15)6-4-9-21/h8,10,13-15H,2-7,11-12H2,1H3,(H2,22,23,24). The molecule has 0 spiro atoms. The van der Waals surface area contributed by atoms with Crippen molar-refractivity contribution in [3.8, 4) is 6.07 Å². The van der Waals surface area contributed by atoms with E-state index in [1.54, 1.807) is 6.20 Å². The van der Waals surface area contributed by atoms with Gasteiger partial charge >= 0.3 is 5.97 Å². The summed E-state index contributed by atoms with van der Waals surface area (Å²) in [6, 6.07) is 4.49. The lowest BCUT2D eigenvalue weighted by Gasteiger charge is -2.30. The van der Waals surface area contributed by atoms with Crippen molar-refractivity contribution >= 4 is 22.7 Å². The molecule has 2 atom stereocenters. The number of rotatable bonds is 7. The average molecular weight is 354 g/mol. The van der Waals surface area contributed by atoms with Gasteiger partial charge in [0.25, 0.3) is 0 Å².